The van der Waals surface area contributed by atoms with Crippen molar-refractivity contribution in [2.24, 2.45) is 11.7 Å². The lowest BCUT2D eigenvalue weighted by atomic mass is 9.85. The highest BCUT2D eigenvalue weighted by Crippen LogP contribution is 2.21. The predicted molar refractivity (Wildman–Crippen MR) is 73.0 cm³/mol. The highest BCUT2D eigenvalue weighted by molar-refractivity contribution is 5.20. The molecule has 0 saturated heterocycles. The van der Waals surface area contributed by atoms with Gasteiger partial charge in [0.2, 0.25) is 0 Å². The molecule has 0 bridgehead atoms. The van der Waals surface area contributed by atoms with E-state index >= 15 is 0 Å². The predicted octanol–water partition coefficient (Wildman–Crippen LogP) is 1.93. The standard InChI is InChI=1S/C14H25N3/c1-12(4-7-15)10-17-11-14(2,3)13-5-8-16-9-6-13/h5-6,8-9,12,17H,4,7,10-11,15H2,1-3H3. The van der Waals surface area contributed by atoms with Crippen molar-refractivity contribution in [2.45, 2.75) is 32.6 Å². The van der Waals surface area contributed by atoms with Gasteiger partial charge in [-0.25, -0.2) is 0 Å². The molecule has 0 spiro atoms. The Labute approximate surface area is 105 Å². The summed E-state index contributed by atoms with van der Waals surface area (Å²) in [5.41, 5.74) is 7.01. The molecule has 3 heteroatoms. The summed E-state index contributed by atoms with van der Waals surface area (Å²) in [5, 5.41) is 3.53. The van der Waals surface area contributed by atoms with Crippen LogP contribution >= 0.6 is 0 Å². The fraction of sp³-hybridized carbons (Fsp3) is 0.643. The van der Waals surface area contributed by atoms with Gasteiger partial charge in [-0.1, -0.05) is 20.8 Å². The Kier molecular flexibility index (Phi) is 5.59. The molecule has 0 amide bonds. The van der Waals surface area contributed by atoms with E-state index < -0.39 is 0 Å². The summed E-state index contributed by atoms with van der Waals surface area (Å²) >= 11 is 0. The molecule has 0 aliphatic heterocycles. The van der Waals surface area contributed by atoms with Gasteiger partial charge in [0.15, 0.2) is 0 Å². The molecule has 1 heterocycles. The smallest absolute Gasteiger partial charge is 0.0270 e. The van der Waals surface area contributed by atoms with E-state index in [4.69, 9.17) is 5.73 Å². The molecular formula is C14H25N3. The summed E-state index contributed by atoms with van der Waals surface area (Å²) in [6, 6.07) is 4.18. The van der Waals surface area contributed by atoms with Crippen LogP contribution in [0.5, 0.6) is 0 Å². The van der Waals surface area contributed by atoms with E-state index in [-0.39, 0.29) is 5.41 Å². The number of rotatable bonds is 7. The Bertz CT molecular complexity index is 309. The number of aromatic nitrogens is 1. The Morgan fingerprint density at radius 2 is 2.00 bits per heavy atom. The summed E-state index contributed by atoms with van der Waals surface area (Å²) < 4.78 is 0. The molecule has 0 aliphatic carbocycles. The van der Waals surface area contributed by atoms with Crippen molar-refractivity contribution in [3.8, 4) is 0 Å². The molecule has 0 saturated carbocycles. The summed E-state index contributed by atoms with van der Waals surface area (Å²) in [4.78, 5) is 4.06. The van der Waals surface area contributed by atoms with E-state index in [1.807, 2.05) is 12.4 Å². The maximum absolute atomic E-state index is 5.54. The van der Waals surface area contributed by atoms with Crippen molar-refractivity contribution in [3.63, 3.8) is 0 Å². The second-order valence-corrected chi connectivity index (χ2v) is 5.43. The molecular weight excluding hydrogens is 210 g/mol. The van der Waals surface area contributed by atoms with Crippen molar-refractivity contribution in [1.29, 1.82) is 0 Å². The van der Waals surface area contributed by atoms with Gasteiger partial charge < -0.3 is 11.1 Å². The molecule has 1 aromatic rings. The molecule has 1 atom stereocenters. The van der Waals surface area contributed by atoms with E-state index in [0.29, 0.717) is 5.92 Å². The Morgan fingerprint density at radius 1 is 1.35 bits per heavy atom. The van der Waals surface area contributed by atoms with Gasteiger partial charge in [-0.3, -0.25) is 4.98 Å². The molecule has 0 aromatic carbocycles. The second kappa shape index (κ2) is 6.72. The zero-order valence-electron chi connectivity index (χ0n) is 11.2. The number of nitrogens with two attached hydrogens (primary N) is 1. The summed E-state index contributed by atoms with van der Waals surface area (Å²) in [7, 11) is 0. The maximum Gasteiger partial charge on any atom is 0.0270 e. The average Bonchev–Trinajstić information content (AvgIpc) is 2.30. The molecule has 3 nitrogen and oxygen atoms in total. The first-order valence-electron chi connectivity index (χ1n) is 6.37. The largest absolute Gasteiger partial charge is 0.330 e. The molecule has 3 N–H and O–H groups in total. The highest BCUT2D eigenvalue weighted by Gasteiger charge is 2.19. The van der Waals surface area contributed by atoms with E-state index in [1.54, 1.807) is 0 Å². The molecule has 1 aromatic heterocycles. The normalized spacial score (nSPS) is 13.6. The first-order chi connectivity index (χ1) is 8.06. The number of hydrogen-bond acceptors (Lipinski definition) is 3. The molecule has 0 aliphatic rings. The van der Waals surface area contributed by atoms with Gasteiger partial charge in [0, 0.05) is 24.4 Å². The van der Waals surface area contributed by atoms with Crippen LogP contribution in [0.3, 0.4) is 0 Å². The maximum atomic E-state index is 5.54. The van der Waals surface area contributed by atoms with Crippen LogP contribution in [0, 0.1) is 5.92 Å². The minimum absolute atomic E-state index is 0.144. The topological polar surface area (TPSA) is 50.9 Å². The van der Waals surface area contributed by atoms with Crippen LogP contribution in [0.2, 0.25) is 0 Å². The van der Waals surface area contributed by atoms with Gasteiger partial charge in [-0.05, 0) is 43.1 Å². The van der Waals surface area contributed by atoms with Gasteiger partial charge in [0.25, 0.3) is 0 Å². The van der Waals surface area contributed by atoms with Crippen LogP contribution in [0.25, 0.3) is 0 Å². The highest BCUT2D eigenvalue weighted by atomic mass is 14.9. The zero-order chi connectivity index (χ0) is 12.7. The Morgan fingerprint density at radius 3 is 2.59 bits per heavy atom. The lowest BCUT2D eigenvalue weighted by molar-refractivity contribution is 0.422. The number of nitrogens with one attached hydrogen (secondary N) is 1. The van der Waals surface area contributed by atoms with E-state index in [2.05, 4.69) is 43.2 Å². The van der Waals surface area contributed by atoms with Crippen LogP contribution < -0.4 is 11.1 Å². The lowest BCUT2D eigenvalue weighted by Gasteiger charge is -2.26. The molecule has 0 radical (unpaired) electrons. The van der Waals surface area contributed by atoms with Crippen molar-refractivity contribution < 1.29 is 0 Å². The monoisotopic (exact) mass is 235 g/mol. The zero-order valence-corrected chi connectivity index (χ0v) is 11.2. The summed E-state index contributed by atoms with van der Waals surface area (Å²) in [5.74, 6) is 0.647. The Hall–Kier alpha value is -0.930. The van der Waals surface area contributed by atoms with E-state index in [0.717, 1.165) is 26.1 Å². The quantitative estimate of drug-likeness (QED) is 0.759. The first-order valence-corrected chi connectivity index (χ1v) is 6.37. The third-order valence-electron chi connectivity index (χ3n) is 3.18. The third kappa shape index (κ3) is 4.84. The minimum Gasteiger partial charge on any atom is -0.330 e. The van der Waals surface area contributed by atoms with Gasteiger partial charge in [0.1, 0.15) is 0 Å². The number of nitrogens with zero attached hydrogens (tertiary/aromatic N) is 1. The Balaban J connectivity index is 2.40. The molecule has 1 unspecified atom stereocenters. The van der Waals surface area contributed by atoms with Crippen molar-refractivity contribution in [3.05, 3.63) is 30.1 Å². The molecule has 17 heavy (non-hydrogen) atoms. The van der Waals surface area contributed by atoms with E-state index in [1.165, 1.54) is 5.56 Å². The first kappa shape index (κ1) is 14.1. The van der Waals surface area contributed by atoms with Crippen LogP contribution in [0.1, 0.15) is 32.8 Å². The summed E-state index contributed by atoms with van der Waals surface area (Å²) in [6.07, 6.45) is 4.80. The third-order valence-corrected chi connectivity index (χ3v) is 3.18. The summed E-state index contributed by atoms with van der Waals surface area (Å²) in [6.45, 7) is 9.53. The van der Waals surface area contributed by atoms with Crippen molar-refractivity contribution in [1.82, 2.24) is 10.3 Å². The van der Waals surface area contributed by atoms with Gasteiger partial charge in [-0.2, -0.15) is 0 Å². The average molecular weight is 235 g/mol. The van der Waals surface area contributed by atoms with Crippen molar-refractivity contribution in [2.75, 3.05) is 19.6 Å². The molecule has 0 fully saturated rings. The molecule has 96 valence electrons. The number of pyridine rings is 1. The van der Waals surface area contributed by atoms with Crippen LogP contribution in [-0.4, -0.2) is 24.6 Å². The second-order valence-electron chi connectivity index (χ2n) is 5.43. The SMILES string of the molecule is CC(CCN)CNCC(C)(C)c1ccncc1. The minimum atomic E-state index is 0.144. The molecule has 1 rings (SSSR count). The fourth-order valence-electron chi connectivity index (χ4n) is 1.92. The fourth-order valence-corrected chi connectivity index (χ4v) is 1.92. The lowest BCUT2D eigenvalue weighted by Crippen LogP contribution is -2.35. The van der Waals surface area contributed by atoms with Gasteiger partial charge >= 0.3 is 0 Å². The van der Waals surface area contributed by atoms with Crippen LogP contribution in [0.4, 0.5) is 0 Å². The van der Waals surface area contributed by atoms with Crippen LogP contribution in [-0.2, 0) is 5.41 Å². The van der Waals surface area contributed by atoms with E-state index in [9.17, 15) is 0 Å². The number of hydrogen-bond donors (Lipinski definition) is 2. The van der Waals surface area contributed by atoms with Crippen LogP contribution in [0.15, 0.2) is 24.5 Å². The van der Waals surface area contributed by atoms with Gasteiger partial charge in [0.05, 0.1) is 0 Å². The van der Waals surface area contributed by atoms with Gasteiger partial charge in [-0.15, -0.1) is 0 Å². The van der Waals surface area contributed by atoms with Crippen molar-refractivity contribution >= 4 is 0 Å².